The Bertz CT molecular complexity index is 1190. The first-order chi connectivity index (χ1) is 24.5. The number of halogens is 6. The number of alkyl halides is 2. The van der Waals surface area contributed by atoms with E-state index in [0.717, 1.165) is 116 Å². The average molecular weight is 723 g/mol. The maximum Gasteiger partial charge on any atom is 0.188 e. The summed E-state index contributed by atoms with van der Waals surface area (Å²) in [5.74, 6) is -6.07. The first-order valence-electron chi connectivity index (χ1n) is 21.0. The lowest BCUT2D eigenvalue weighted by Gasteiger charge is -2.53. The van der Waals surface area contributed by atoms with Crippen LogP contribution in [-0.4, -0.2) is 24.6 Å². The van der Waals surface area contributed by atoms with Gasteiger partial charge in [0.1, 0.15) is 11.7 Å². The van der Waals surface area contributed by atoms with Crippen molar-refractivity contribution in [2.24, 2.45) is 46.3 Å². The van der Waals surface area contributed by atoms with Gasteiger partial charge in [-0.3, -0.25) is 0 Å². The highest BCUT2D eigenvalue weighted by molar-refractivity contribution is 5.37. The molecule has 4 atom stereocenters. The van der Waals surface area contributed by atoms with Crippen LogP contribution in [0.2, 0.25) is 0 Å². The van der Waals surface area contributed by atoms with Gasteiger partial charge in [-0.15, -0.1) is 0 Å². The monoisotopic (exact) mass is 722 g/mol. The van der Waals surface area contributed by atoms with Crippen molar-refractivity contribution in [2.45, 2.75) is 166 Å². The summed E-state index contributed by atoms with van der Waals surface area (Å²) in [5, 5.41) is 0. The molecule has 0 radical (unpaired) electrons. The molecule has 0 unspecified atom stereocenters. The zero-order valence-corrected chi connectivity index (χ0v) is 31.4. The van der Waals surface area contributed by atoms with Crippen molar-refractivity contribution in [1.29, 1.82) is 0 Å². The second-order valence-electron chi connectivity index (χ2n) is 17.7. The second-order valence-corrected chi connectivity index (χ2v) is 17.7. The molecule has 1 nitrogen and oxygen atoms in total. The Labute approximate surface area is 304 Å². The van der Waals surface area contributed by atoms with Gasteiger partial charge in [0.05, 0.1) is 25.0 Å². The quantitative estimate of drug-likeness (QED) is 0.144. The van der Waals surface area contributed by atoms with Gasteiger partial charge in [-0.2, -0.15) is 0 Å². The van der Waals surface area contributed by atoms with Crippen LogP contribution < -0.4 is 0 Å². The number of ether oxygens (including phenoxy) is 1. The first-order valence-corrected chi connectivity index (χ1v) is 21.0. The van der Waals surface area contributed by atoms with Gasteiger partial charge in [0, 0.05) is 10.8 Å². The van der Waals surface area contributed by atoms with Gasteiger partial charge >= 0.3 is 0 Å². The zero-order valence-electron chi connectivity index (χ0n) is 31.4. The Morgan fingerprint density at radius 3 is 1.24 bits per heavy atom. The number of hydrogen-bond acceptors (Lipinski definition) is 1. The van der Waals surface area contributed by atoms with Crippen LogP contribution in [0, 0.1) is 46.3 Å². The van der Waals surface area contributed by atoms with Gasteiger partial charge in [-0.25, -0.2) is 26.3 Å². The van der Waals surface area contributed by atoms with E-state index >= 15 is 26.3 Å². The van der Waals surface area contributed by atoms with E-state index in [9.17, 15) is 0 Å². The van der Waals surface area contributed by atoms with E-state index < -0.39 is 57.3 Å². The maximum atomic E-state index is 17.2. The van der Waals surface area contributed by atoms with Crippen LogP contribution in [0.15, 0.2) is 47.6 Å². The van der Waals surface area contributed by atoms with Crippen LogP contribution in [0.1, 0.15) is 155 Å². The molecule has 0 aliphatic heterocycles. The number of hydrogen-bond donors (Lipinski definition) is 0. The maximum absolute atomic E-state index is 17.2. The smallest absolute Gasteiger partial charge is 0.188 e. The molecule has 0 aromatic carbocycles. The molecular formula is C44H64F6O. The van der Waals surface area contributed by atoms with Gasteiger partial charge in [0.25, 0.3) is 0 Å². The highest BCUT2D eigenvalue weighted by Gasteiger charge is 2.61. The molecule has 0 aromatic rings. The molecule has 4 saturated carbocycles. The third-order valence-corrected chi connectivity index (χ3v) is 15.0. The van der Waals surface area contributed by atoms with Crippen LogP contribution in [-0.2, 0) is 4.74 Å². The Hall–Kier alpha value is -1.50. The third kappa shape index (κ3) is 7.22. The topological polar surface area (TPSA) is 9.23 Å². The van der Waals surface area contributed by atoms with Crippen molar-refractivity contribution in [1.82, 2.24) is 0 Å². The largest absolute Gasteiger partial charge is 0.379 e. The van der Waals surface area contributed by atoms with Crippen molar-refractivity contribution in [3.05, 3.63) is 47.6 Å². The molecule has 288 valence electrons. The Kier molecular flexibility index (Phi) is 12.7. The molecule has 0 aromatic heterocycles. The van der Waals surface area contributed by atoms with Crippen molar-refractivity contribution >= 4 is 0 Å². The summed E-state index contributed by atoms with van der Waals surface area (Å²) in [6.45, 7) is 3.68. The summed E-state index contributed by atoms with van der Waals surface area (Å²) in [7, 11) is 0. The van der Waals surface area contributed by atoms with Gasteiger partial charge in [-0.05, 0) is 87.2 Å². The van der Waals surface area contributed by atoms with E-state index in [1.807, 2.05) is 0 Å². The highest BCUT2D eigenvalue weighted by Crippen LogP contribution is 2.63. The van der Waals surface area contributed by atoms with E-state index in [1.165, 1.54) is 24.3 Å². The zero-order chi connectivity index (χ0) is 36.3. The van der Waals surface area contributed by atoms with E-state index in [-0.39, 0.29) is 25.0 Å². The van der Waals surface area contributed by atoms with Gasteiger partial charge in [0.2, 0.25) is 0 Å². The summed E-state index contributed by atoms with van der Waals surface area (Å²) >= 11 is 0. The lowest BCUT2D eigenvalue weighted by Crippen LogP contribution is -2.52. The van der Waals surface area contributed by atoms with Gasteiger partial charge < -0.3 is 4.74 Å². The molecule has 0 spiro atoms. The van der Waals surface area contributed by atoms with E-state index in [2.05, 4.69) is 13.8 Å². The fraction of sp³-hybridized carbons (Fsp3) is 0.818. The number of allylic oxidation sites excluding steroid dienone is 4. The average Bonchev–Trinajstić information content (AvgIpc) is 3.16. The van der Waals surface area contributed by atoms with Crippen molar-refractivity contribution in [3.63, 3.8) is 0 Å². The molecule has 6 aliphatic carbocycles. The Morgan fingerprint density at radius 1 is 0.549 bits per heavy atom. The fourth-order valence-corrected chi connectivity index (χ4v) is 12.2. The molecule has 0 amide bonds. The minimum atomic E-state index is -2.50. The van der Waals surface area contributed by atoms with E-state index in [4.69, 9.17) is 4.74 Å². The number of rotatable bonds is 12. The van der Waals surface area contributed by atoms with Crippen LogP contribution in [0.3, 0.4) is 0 Å². The molecule has 51 heavy (non-hydrogen) atoms. The van der Waals surface area contributed by atoms with Crippen molar-refractivity contribution in [2.75, 3.05) is 13.2 Å². The normalized spacial score (nSPS) is 38.7. The minimum absolute atomic E-state index is 0.00103. The van der Waals surface area contributed by atoms with Crippen LogP contribution in [0.5, 0.6) is 0 Å². The Balaban J connectivity index is 1.12. The molecule has 0 bridgehead atoms. The fourth-order valence-electron chi connectivity index (χ4n) is 12.2. The summed E-state index contributed by atoms with van der Waals surface area (Å²) in [5.41, 5.74) is -6.94. The molecule has 0 heterocycles. The highest BCUT2D eigenvalue weighted by atomic mass is 19.2. The van der Waals surface area contributed by atoms with Crippen molar-refractivity contribution in [3.8, 4) is 0 Å². The van der Waals surface area contributed by atoms with Gasteiger partial charge in [-0.1, -0.05) is 116 Å². The molecular weight excluding hydrogens is 658 g/mol. The van der Waals surface area contributed by atoms with Crippen LogP contribution in [0.25, 0.3) is 0 Å². The standard InChI is InChI=1S/C44H64F6O/c1-3-11-31-13-17-35(18-14-31)41(23-7-5-8-24-41)43(49)27-21-33(37(45)39(43)47)29-51-30-34-22-28-44(50,40(48)38(34)46)42(25-9-6-10-26-42)36-19-15-32(12-4-2)16-20-36/h21-22,27-28,31-36H,3-20,23-26,29-30H2,1-2H3/t31?,32?,33-,34-,35?,36?,43+,44+/m0/s1. The molecule has 6 rings (SSSR count). The lowest BCUT2D eigenvalue weighted by atomic mass is 9.53. The molecule has 7 heteroatoms. The predicted molar refractivity (Wildman–Crippen MR) is 194 cm³/mol. The summed E-state index contributed by atoms with van der Waals surface area (Å²) in [6.07, 6.45) is 24.6. The summed E-state index contributed by atoms with van der Waals surface area (Å²) in [4.78, 5) is 0. The van der Waals surface area contributed by atoms with Crippen LogP contribution >= 0.6 is 0 Å². The second kappa shape index (κ2) is 16.5. The molecule has 0 N–H and O–H groups in total. The first kappa shape index (κ1) is 39.2. The minimum Gasteiger partial charge on any atom is -0.379 e. The SMILES string of the molecule is CCCC1CCC(C2([C@@]3(F)C=C[C@@H](COC[C@@H]4C=C[C@](F)(C5(C6CCC(CCC)CC6)CCCCC5)C(F)=C4F)C(F)=C3F)CCCCC2)CC1. The van der Waals surface area contributed by atoms with Gasteiger partial charge in [0.15, 0.2) is 23.0 Å². The molecule has 4 fully saturated rings. The summed E-state index contributed by atoms with van der Waals surface area (Å²) in [6, 6.07) is 0. The Morgan fingerprint density at radius 2 is 0.902 bits per heavy atom. The molecule has 0 saturated heterocycles. The third-order valence-electron chi connectivity index (χ3n) is 15.0. The van der Waals surface area contributed by atoms with E-state index in [1.54, 1.807) is 0 Å². The predicted octanol–water partition coefficient (Wildman–Crippen LogP) is 14.2. The van der Waals surface area contributed by atoms with Crippen molar-refractivity contribution < 1.29 is 31.1 Å². The van der Waals surface area contributed by atoms with Crippen LogP contribution in [0.4, 0.5) is 26.3 Å². The lowest BCUT2D eigenvalue weighted by molar-refractivity contribution is -0.0618. The van der Waals surface area contributed by atoms with E-state index in [0.29, 0.717) is 37.5 Å². The summed E-state index contributed by atoms with van der Waals surface area (Å²) < 4.78 is 104. The molecule has 6 aliphatic rings.